The van der Waals surface area contributed by atoms with Crippen LogP contribution in [0.5, 0.6) is 11.5 Å². The Labute approximate surface area is 161 Å². The molecule has 0 spiro atoms. The molecule has 0 aliphatic rings. The summed E-state index contributed by atoms with van der Waals surface area (Å²) in [5, 5.41) is 18.8. The van der Waals surface area contributed by atoms with Crippen molar-refractivity contribution in [2.24, 2.45) is 5.73 Å². The zero-order chi connectivity index (χ0) is 20.8. The van der Waals surface area contributed by atoms with Gasteiger partial charge in [0.05, 0.1) is 5.56 Å². The maximum absolute atomic E-state index is 12.9. The highest BCUT2D eigenvalue weighted by molar-refractivity contribution is 5.89. The van der Waals surface area contributed by atoms with Gasteiger partial charge in [-0.2, -0.15) is 0 Å². The molecule has 0 aromatic heterocycles. The average Bonchev–Trinajstić information content (AvgIpc) is 2.65. The lowest BCUT2D eigenvalue weighted by molar-refractivity contribution is -0.154. The quantitative estimate of drug-likeness (QED) is 0.489. The number of ether oxygens (including phenoxy) is 2. The van der Waals surface area contributed by atoms with E-state index in [-0.39, 0.29) is 23.5 Å². The van der Waals surface area contributed by atoms with Crippen molar-refractivity contribution < 1.29 is 33.7 Å². The van der Waals surface area contributed by atoms with Crippen LogP contribution in [0.1, 0.15) is 29.8 Å². The topological polar surface area (TPSA) is 119 Å². The minimum atomic E-state index is -1.01. The van der Waals surface area contributed by atoms with E-state index in [4.69, 9.17) is 15.2 Å². The predicted molar refractivity (Wildman–Crippen MR) is 98.3 cm³/mol. The second kappa shape index (κ2) is 9.18. The van der Waals surface area contributed by atoms with Crippen molar-refractivity contribution in [1.82, 2.24) is 0 Å². The second-order valence-electron chi connectivity index (χ2n) is 6.39. The summed E-state index contributed by atoms with van der Waals surface area (Å²) in [4.78, 5) is 24.2. The lowest BCUT2D eigenvalue weighted by atomic mass is 10.1. The van der Waals surface area contributed by atoms with Crippen molar-refractivity contribution in [1.29, 1.82) is 0 Å². The number of hydrogen-bond acceptors (Lipinski definition) is 7. The Morgan fingerprint density at radius 2 is 1.61 bits per heavy atom. The fourth-order valence-corrected chi connectivity index (χ4v) is 2.32. The van der Waals surface area contributed by atoms with Crippen molar-refractivity contribution in [3.63, 3.8) is 0 Å². The van der Waals surface area contributed by atoms with Gasteiger partial charge in [-0.15, -0.1) is 0 Å². The van der Waals surface area contributed by atoms with Gasteiger partial charge in [0.15, 0.2) is 11.5 Å². The molecule has 0 unspecified atom stereocenters. The largest absolute Gasteiger partial charge is 0.504 e. The van der Waals surface area contributed by atoms with Crippen LogP contribution in [-0.2, 0) is 20.7 Å². The Hall–Kier alpha value is -3.13. The number of nitrogens with two attached hydrogens (primary N) is 1. The molecule has 3 atom stereocenters. The predicted octanol–water partition coefficient (Wildman–Crippen LogP) is 2.28. The number of hydrogen-bond donors (Lipinski definition) is 3. The van der Waals surface area contributed by atoms with E-state index >= 15 is 0 Å². The first-order valence-corrected chi connectivity index (χ1v) is 8.61. The molecule has 0 aliphatic carbocycles. The smallest absolute Gasteiger partial charge is 0.338 e. The van der Waals surface area contributed by atoms with Gasteiger partial charge in [-0.3, -0.25) is 4.79 Å². The monoisotopic (exact) mass is 391 g/mol. The molecule has 2 aromatic rings. The summed E-state index contributed by atoms with van der Waals surface area (Å²) >= 11 is 0. The van der Waals surface area contributed by atoms with E-state index in [1.807, 2.05) is 0 Å². The summed E-state index contributed by atoms with van der Waals surface area (Å²) in [6, 6.07) is 8.00. The summed E-state index contributed by atoms with van der Waals surface area (Å²) in [6.45, 7) is 3.11. The van der Waals surface area contributed by atoms with Crippen LogP contribution >= 0.6 is 0 Å². The van der Waals surface area contributed by atoms with E-state index in [1.54, 1.807) is 13.8 Å². The van der Waals surface area contributed by atoms with E-state index in [1.165, 1.54) is 30.3 Å². The van der Waals surface area contributed by atoms with Crippen LogP contribution in [0, 0.1) is 5.82 Å². The minimum Gasteiger partial charge on any atom is -0.504 e. The summed E-state index contributed by atoms with van der Waals surface area (Å²) < 4.78 is 23.4. The Balaban J connectivity index is 1.88. The zero-order valence-electron chi connectivity index (χ0n) is 15.5. The van der Waals surface area contributed by atoms with Gasteiger partial charge in [-0.25, -0.2) is 9.18 Å². The maximum Gasteiger partial charge on any atom is 0.338 e. The third-order valence-corrected chi connectivity index (χ3v) is 4.13. The number of halogens is 1. The molecule has 150 valence electrons. The SMILES string of the molecule is C[C@H](OC(=O)c1ccc(F)cc1)[C@H](C)OC(=O)[C@@H](N)Cc1ccc(O)c(O)c1. The number of rotatable bonds is 7. The Morgan fingerprint density at radius 1 is 1.00 bits per heavy atom. The second-order valence-corrected chi connectivity index (χ2v) is 6.39. The third kappa shape index (κ3) is 5.68. The van der Waals surface area contributed by atoms with Crippen molar-refractivity contribution in [3.05, 3.63) is 59.4 Å². The molecule has 0 saturated carbocycles. The van der Waals surface area contributed by atoms with Crippen molar-refractivity contribution in [3.8, 4) is 11.5 Å². The molecule has 2 aromatic carbocycles. The van der Waals surface area contributed by atoms with Crippen molar-refractivity contribution in [2.45, 2.75) is 38.5 Å². The summed E-state index contributed by atoms with van der Waals surface area (Å²) in [5.41, 5.74) is 6.55. The molecule has 7 nitrogen and oxygen atoms in total. The Kier molecular flexibility index (Phi) is 6.94. The molecule has 2 rings (SSSR count). The fourth-order valence-electron chi connectivity index (χ4n) is 2.32. The molecule has 0 saturated heterocycles. The van der Waals surface area contributed by atoms with E-state index in [9.17, 15) is 24.2 Å². The molecule has 0 fully saturated rings. The highest BCUT2D eigenvalue weighted by atomic mass is 19.1. The van der Waals surface area contributed by atoms with Gasteiger partial charge in [-0.1, -0.05) is 6.07 Å². The van der Waals surface area contributed by atoms with Crippen LogP contribution in [0.2, 0.25) is 0 Å². The first-order valence-electron chi connectivity index (χ1n) is 8.61. The molecular weight excluding hydrogens is 369 g/mol. The van der Waals surface area contributed by atoms with Gasteiger partial charge in [0.2, 0.25) is 0 Å². The number of esters is 2. The van der Waals surface area contributed by atoms with Gasteiger partial charge in [-0.05, 0) is 62.2 Å². The maximum atomic E-state index is 12.9. The molecule has 0 amide bonds. The first-order chi connectivity index (χ1) is 13.2. The number of phenolic OH excluding ortho intramolecular Hbond substituents is 2. The molecule has 0 radical (unpaired) electrons. The lowest BCUT2D eigenvalue weighted by Crippen LogP contribution is -2.39. The fraction of sp³-hybridized carbons (Fsp3) is 0.300. The zero-order valence-corrected chi connectivity index (χ0v) is 15.5. The number of aromatic hydroxyl groups is 2. The first kappa shape index (κ1) is 21.2. The van der Waals surface area contributed by atoms with Crippen LogP contribution in [-0.4, -0.2) is 40.4 Å². The number of carbonyl (C=O) groups excluding carboxylic acids is 2. The molecule has 28 heavy (non-hydrogen) atoms. The van der Waals surface area contributed by atoms with Crippen LogP contribution in [0.25, 0.3) is 0 Å². The minimum absolute atomic E-state index is 0.0864. The normalized spacial score (nSPS) is 14.0. The van der Waals surface area contributed by atoms with Crippen molar-refractivity contribution >= 4 is 11.9 Å². The number of phenols is 2. The summed E-state index contributed by atoms with van der Waals surface area (Å²) in [7, 11) is 0. The number of carbonyl (C=O) groups is 2. The van der Waals surface area contributed by atoms with Gasteiger partial charge < -0.3 is 25.4 Å². The van der Waals surface area contributed by atoms with E-state index in [0.29, 0.717) is 5.56 Å². The molecule has 0 heterocycles. The van der Waals surface area contributed by atoms with Gasteiger partial charge in [0, 0.05) is 0 Å². The molecule has 0 aliphatic heterocycles. The van der Waals surface area contributed by atoms with Gasteiger partial charge in [0.25, 0.3) is 0 Å². The highest BCUT2D eigenvalue weighted by Crippen LogP contribution is 2.25. The van der Waals surface area contributed by atoms with Crippen molar-refractivity contribution in [2.75, 3.05) is 0 Å². The average molecular weight is 391 g/mol. The molecule has 4 N–H and O–H groups in total. The van der Waals surface area contributed by atoms with Crippen LogP contribution < -0.4 is 5.73 Å². The van der Waals surface area contributed by atoms with E-state index in [0.717, 1.165) is 12.1 Å². The summed E-state index contributed by atoms with van der Waals surface area (Å²) in [5.74, 6) is -2.43. The van der Waals surface area contributed by atoms with Crippen LogP contribution in [0.4, 0.5) is 4.39 Å². The Bertz CT molecular complexity index is 839. The van der Waals surface area contributed by atoms with Crippen LogP contribution in [0.15, 0.2) is 42.5 Å². The molecular formula is C20H22FNO6. The molecule has 0 bridgehead atoms. The lowest BCUT2D eigenvalue weighted by Gasteiger charge is -2.22. The number of benzene rings is 2. The van der Waals surface area contributed by atoms with E-state index in [2.05, 4.69) is 0 Å². The third-order valence-electron chi connectivity index (χ3n) is 4.13. The van der Waals surface area contributed by atoms with Crippen LogP contribution in [0.3, 0.4) is 0 Å². The summed E-state index contributed by atoms with van der Waals surface area (Å²) in [6.07, 6.45) is -1.44. The van der Waals surface area contributed by atoms with E-state index < -0.39 is 36.0 Å². The van der Waals surface area contributed by atoms with Gasteiger partial charge in [0.1, 0.15) is 24.1 Å². The standard InChI is InChI=1S/C20H22FNO6/c1-11(27-19(25)14-4-6-15(21)7-5-14)12(2)28-20(26)16(22)9-13-3-8-17(23)18(24)10-13/h3-8,10-12,16,23-24H,9,22H2,1-2H3/t11-,12-,16-/m0/s1. The Morgan fingerprint density at radius 3 is 2.21 bits per heavy atom. The highest BCUT2D eigenvalue weighted by Gasteiger charge is 2.24. The van der Waals surface area contributed by atoms with Gasteiger partial charge >= 0.3 is 11.9 Å². The molecule has 8 heteroatoms.